The molecule has 0 fully saturated rings. The van der Waals surface area contributed by atoms with E-state index in [1.165, 1.54) is 18.2 Å². The van der Waals surface area contributed by atoms with E-state index in [2.05, 4.69) is 25.7 Å². The molecule has 0 aliphatic heterocycles. The zero-order valence-electron chi connectivity index (χ0n) is 16.2. The van der Waals surface area contributed by atoms with Gasteiger partial charge in [-0.15, -0.1) is 0 Å². The fraction of sp³-hybridized carbons (Fsp3) is 0.0909. The van der Waals surface area contributed by atoms with Crippen molar-refractivity contribution in [1.82, 2.24) is 19.7 Å². The average molecular weight is 402 g/mol. The lowest BCUT2D eigenvalue weighted by atomic mass is 10.2. The van der Waals surface area contributed by atoms with Crippen molar-refractivity contribution in [2.24, 2.45) is 0 Å². The zero-order valence-corrected chi connectivity index (χ0v) is 16.2. The summed E-state index contributed by atoms with van der Waals surface area (Å²) in [5, 5.41) is 11.1. The van der Waals surface area contributed by atoms with Crippen molar-refractivity contribution in [2.45, 2.75) is 13.5 Å². The van der Waals surface area contributed by atoms with Crippen molar-refractivity contribution in [3.8, 4) is 0 Å². The van der Waals surface area contributed by atoms with E-state index in [4.69, 9.17) is 0 Å². The number of aromatic nitrogens is 4. The van der Waals surface area contributed by atoms with Crippen LogP contribution in [-0.4, -0.2) is 25.7 Å². The molecule has 0 atom stereocenters. The Kier molecular flexibility index (Phi) is 5.47. The summed E-state index contributed by atoms with van der Waals surface area (Å²) in [5.41, 5.74) is 3.02. The smallest absolute Gasteiger partial charge is 0.248 e. The Morgan fingerprint density at radius 3 is 2.77 bits per heavy atom. The van der Waals surface area contributed by atoms with Crippen LogP contribution in [0.1, 0.15) is 12.5 Å². The Balaban J connectivity index is 1.56. The number of allylic oxidation sites excluding steroid dienone is 1. The first-order chi connectivity index (χ1) is 14.6. The molecule has 2 aromatic heterocycles. The molecule has 30 heavy (non-hydrogen) atoms. The number of nitrogens with zero attached hydrogens (tertiary/aromatic N) is 4. The number of rotatable bonds is 6. The zero-order chi connectivity index (χ0) is 20.9. The summed E-state index contributed by atoms with van der Waals surface area (Å²) in [7, 11) is 0. The van der Waals surface area contributed by atoms with Gasteiger partial charge in [-0.05, 0) is 55.0 Å². The first kappa shape index (κ1) is 19.3. The maximum Gasteiger partial charge on any atom is 0.248 e. The second-order valence-electron chi connectivity index (χ2n) is 6.60. The second-order valence-corrected chi connectivity index (χ2v) is 6.60. The third kappa shape index (κ3) is 4.49. The highest BCUT2D eigenvalue weighted by Gasteiger charge is 2.09. The van der Waals surface area contributed by atoms with Crippen LogP contribution in [0.5, 0.6) is 0 Å². The number of amides is 1. The first-order valence-corrected chi connectivity index (χ1v) is 9.34. The summed E-state index contributed by atoms with van der Waals surface area (Å²) in [5.74, 6) is -0.0919. The SMILES string of the molecule is C/C=C/C(=O)Nc1cccc(Cn2ncc3cnc(Nc4ccc(F)cc4)nc32)c1. The second kappa shape index (κ2) is 8.52. The summed E-state index contributed by atoms with van der Waals surface area (Å²) in [6.07, 6.45) is 6.55. The van der Waals surface area contributed by atoms with Gasteiger partial charge in [-0.3, -0.25) is 4.79 Å². The van der Waals surface area contributed by atoms with Gasteiger partial charge in [0.25, 0.3) is 0 Å². The molecule has 4 rings (SSSR count). The number of nitrogens with one attached hydrogen (secondary N) is 2. The predicted molar refractivity (Wildman–Crippen MR) is 114 cm³/mol. The Hall–Kier alpha value is -4.07. The number of halogens is 1. The number of carbonyl (C=O) groups excluding carboxylic acids is 1. The summed E-state index contributed by atoms with van der Waals surface area (Å²) in [6, 6.07) is 13.5. The number of anilines is 3. The molecule has 2 N–H and O–H groups in total. The monoisotopic (exact) mass is 402 g/mol. The molecule has 1 amide bonds. The van der Waals surface area contributed by atoms with E-state index in [0.29, 0.717) is 29.5 Å². The van der Waals surface area contributed by atoms with Crippen LogP contribution >= 0.6 is 0 Å². The average Bonchev–Trinajstić information content (AvgIpc) is 3.12. The van der Waals surface area contributed by atoms with E-state index in [-0.39, 0.29) is 11.7 Å². The Morgan fingerprint density at radius 1 is 1.13 bits per heavy atom. The largest absolute Gasteiger partial charge is 0.324 e. The highest BCUT2D eigenvalue weighted by atomic mass is 19.1. The first-order valence-electron chi connectivity index (χ1n) is 9.34. The molecular weight excluding hydrogens is 383 g/mol. The molecule has 2 aromatic carbocycles. The molecule has 150 valence electrons. The van der Waals surface area contributed by atoms with E-state index in [1.807, 2.05) is 24.3 Å². The molecule has 0 spiro atoms. The van der Waals surface area contributed by atoms with Crippen molar-refractivity contribution in [3.05, 3.63) is 84.5 Å². The van der Waals surface area contributed by atoms with Crippen molar-refractivity contribution in [2.75, 3.05) is 10.6 Å². The molecular formula is C22H19FN6O. The topological polar surface area (TPSA) is 84.7 Å². The maximum atomic E-state index is 13.1. The molecule has 0 saturated heterocycles. The Bertz CT molecular complexity index is 1220. The van der Waals surface area contributed by atoms with Crippen LogP contribution in [0.2, 0.25) is 0 Å². The highest BCUT2D eigenvalue weighted by Crippen LogP contribution is 2.18. The van der Waals surface area contributed by atoms with Gasteiger partial charge >= 0.3 is 0 Å². The van der Waals surface area contributed by atoms with Gasteiger partial charge in [-0.2, -0.15) is 10.1 Å². The van der Waals surface area contributed by atoms with Gasteiger partial charge in [0.2, 0.25) is 11.9 Å². The van der Waals surface area contributed by atoms with Gasteiger partial charge < -0.3 is 10.6 Å². The van der Waals surface area contributed by atoms with Gasteiger partial charge in [0.05, 0.1) is 18.1 Å². The van der Waals surface area contributed by atoms with Gasteiger partial charge in [0.15, 0.2) is 5.65 Å². The van der Waals surface area contributed by atoms with E-state index in [9.17, 15) is 9.18 Å². The fourth-order valence-corrected chi connectivity index (χ4v) is 2.96. The highest BCUT2D eigenvalue weighted by molar-refractivity contribution is 5.99. The Labute approximate surface area is 172 Å². The van der Waals surface area contributed by atoms with Crippen LogP contribution in [0.25, 0.3) is 11.0 Å². The van der Waals surface area contributed by atoms with Gasteiger partial charge in [0.1, 0.15) is 5.82 Å². The van der Waals surface area contributed by atoms with E-state index >= 15 is 0 Å². The number of fused-ring (bicyclic) bond motifs is 1. The molecule has 2 heterocycles. The molecule has 0 aliphatic rings. The third-order valence-electron chi connectivity index (χ3n) is 4.32. The van der Waals surface area contributed by atoms with Crippen LogP contribution < -0.4 is 10.6 Å². The number of hydrogen-bond donors (Lipinski definition) is 2. The minimum absolute atomic E-state index is 0.177. The van der Waals surface area contributed by atoms with E-state index < -0.39 is 0 Å². The summed E-state index contributed by atoms with van der Waals surface area (Å²) >= 11 is 0. The van der Waals surface area contributed by atoms with Crippen LogP contribution in [0.4, 0.5) is 21.7 Å². The van der Waals surface area contributed by atoms with Crippen molar-refractivity contribution in [3.63, 3.8) is 0 Å². The van der Waals surface area contributed by atoms with E-state index in [1.54, 1.807) is 42.2 Å². The van der Waals surface area contributed by atoms with Gasteiger partial charge in [-0.25, -0.2) is 14.1 Å². The normalized spacial score (nSPS) is 11.1. The quantitative estimate of drug-likeness (QED) is 0.471. The van der Waals surface area contributed by atoms with E-state index in [0.717, 1.165) is 10.9 Å². The van der Waals surface area contributed by atoms with Gasteiger partial charge in [0, 0.05) is 17.6 Å². The number of carbonyl (C=O) groups is 1. The molecule has 4 aromatic rings. The lowest BCUT2D eigenvalue weighted by Gasteiger charge is -2.08. The van der Waals surface area contributed by atoms with Crippen LogP contribution in [0.3, 0.4) is 0 Å². The molecule has 7 nitrogen and oxygen atoms in total. The van der Waals surface area contributed by atoms with Crippen molar-refractivity contribution >= 4 is 34.3 Å². The van der Waals surface area contributed by atoms with Crippen LogP contribution in [-0.2, 0) is 11.3 Å². The van der Waals surface area contributed by atoms with Crippen LogP contribution in [0, 0.1) is 5.82 Å². The lowest BCUT2D eigenvalue weighted by molar-refractivity contribution is -0.111. The summed E-state index contributed by atoms with van der Waals surface area (Å²) < 4.78 is 14.9. The van der Waals surface area contributed by atoms with Crippen molar-refractivity contribution in [1.29, 1.82) is 0 Å². The Morgan fingerprint density at radius 2 is 1.97 bits per heavy atom. The third-order valence-corrected chi connectivity index (χ3v) is 4.32. The van der Waals surface area contributed by atoms with Gasteiger partial charge in [-0.1, -0.05) is 18.2 Å². The number of benzene rings is 2. The molecule has 0 bridgehead atoms. The molecule has 0 saturated carbocycles. The minimum atomic E-state index is -0.306. The molecule has 8 heteroatoms. The summed E-state index contributed by atoms with van der Waals surface area (Å²) in [6.45, 7) is 2.27. The number of hydrogen-bond acceptors (Lipinski definition) is 5. The lowest BCUT2D eigenvalue weighted by Crippen LogP contribution is -2.09. The molecule has 0 aliphatic carbocycles. The summed E-state index contributed by atoms with van der Waals surface area (Å²) in [4.78, 5) is 20.6. The molecule has 0 unspecified atom stereocenters. The standard InChI is InChI=1S/C22H19FN6O/c1-2-4-20(30)26-19-6-3-5-15(11-19)14-29-21-16(13-25-29)12-24-22(28-21)27-18-9-7-17(23)8-10-18/h2-13H,14H2,1H3,(H,26,30)(H,24,27,28)/b4-2+. The van der Waals surface area contributed by atoms with Crippen LogP contribution in [0.15, 0.2) is 73.1 Å². The van der Waals surface area contributed by atoms with Crippen molar-refractivity contribution < 1.29 is 9.18 Å². The minimum Gasteiger partial charge on any atom is -0.324 e. The fourth-order valence-electron chi connectivity index (χ4n) is 2.96. The molecule has 0 radical (unpaired) electrons. The predicted octanol–water partition coefficient (Wildman–Crippen LogP) is 4.27. The maximum absolute atomic E-state index is 13.1.